The highest BCUT2D eigenvalue weighted by molar-refractivity contribution is 6.40. The van der Waals surface area contributed by atoms with Crippen molar-refractivity contribution in [2.45, 2.75) is 76.7 Å². The second kappa shape index (κ2) is 12.4. The van der Waals surface area contributed by atoms with E-state index in [1.807, 2.05) is 32.9 Å². The predicted octanol–water partition coefficient (Wildman–Crippen LogP) is 2.67. The minimum absolute atomic E-state index is 0.0392. The SMILES string of the molecule is CC(C)(C)c1ccccc1NC(=O)C(=O)N1C[C@@H]2CCC[C@@H]2[C@H]1C(=O)N[C@@H](C[C@@H]1CCNC1=O)C(=O)COC(F)(F)F. The third-order valence-electron chi connectivity index (χ3n) is 8.36. The van der Waals surface area contributed by atoms with E-state index in [0.29, 0.717) is 25.1 Å². The van der Waals surface area contributed by atoms with Crippen molar-refractivity contribution < 1.29 is 41.9 Å². The highest BCUT2D eigenvalue weighted by Crippen LogP contribution is 2.42. The van der Waals surface area contributed by atoms with E-state index >= 15 is 0 Å². The molecule has 3 N–H and O–H groups in total. The van der Waals surface area contributed by atoms with Crippen molar-refractivity contribution in [3.05, 3.63) is 29.8 Å². The maximum atomic E-state index is 13.7. The maximum Gasteiger partial charge on any atom is 0.522 e. The number of rotatable bonds is 8. The Balaban J connectivity index is 1.53. The molecule has 1 saturated carbocycles. The summed E-state index contributed by atoms with van der Waals surface area (Å²) in [6.45, 7) is 5.07. The van der Waals surface area contributed by atoms with Gasteiger partial charge in [-0.2, -0.15) is 0 Å². The van der Waals surface area contributed by atoms with Crippen molar-refractivity contribution in [3.63, 3.8) is 0 Å². The maximum absolute atomic E-state index is 13.7. The summed E-state index contributed by atoms with van der Waals surface area (Å²) >= 11 is 0. The van der Waals surface area contributed by atoms with Crippen LogP contribution in [-0.4, -0.2) is 72.5 Å². The first-order valence-corrected chi connectivity index (χ1v) is 14.2. The van der Waals surface area contributed by atoms with Crippen molar-refractivity contribution >= 4 is 35.1 Å². The number of nitrogens with zero attached hydrogens (tertiary/aromatic N) is 1. The van der Waals surface area contributed by atoms with Gasteiger partial charge in [-0.15, -0.1) is 13.2 Å². The number of ketones is 1. The van der Waals surface area contributed by atoms with Gasteiger partial charge >= 0.3 is 18.2 Å². The zero-order valence-electron chi connectivity index (χ0n) is 23.9. The summed E-state index contributed by atoms with van der Waals surface area (Å²) < 4.78 is 41.7. The van der Waals surface area contributed by atoms with Crippen molar-refractivity contribution in [3.8, 4) is 0 Å². The number of carbonyl (C=O) groups excluding carboxylic acids is 5. The number of anilines is 1. The van der Waals surface area contributed by atoms with E-state index in [4.69, 9.17) is 0 Å². The molecular weight excluding hydrogens is 557 g/mol. The van der Waals surface area contributed by atoms with Crippen LogP contribution in [0.15, 0.2) is 24.3 Å². The van der Waals surface area contributed by atoms with Gasteiger partial charge in [0.05, 0.1) is 6.04 Å². The number of likely N-dealkylation sites (tertiary alicyclic amines) is 1. The van der Waals surface area contributed by atoms with Gasteiger partial charge in [0.2, 0.25) is 11.8 Å². The van der Waals surface area contributed by atoms with Gasteiger partial charge in [-0.05, 0) is 54.6 Å². The number of hydrogen-bond donors (Lipinski definition) is 3. The molecule has 1 aliphatic carbocycles. The second-order valence-electron chi connectivity index (χ2n) is 12.3. The molecular formula is C29H37F3N4O6. The van der Waals surface area contributed by atoms with Crippen molar-refractivity contribution in [2.75, 3.05) is 25.0 Å². The Morgan fingerprint density at radius 2 is 1.81 bits per heavy atom. The minimum Gasteiger partial charge on any atom is -0.356 e. The lowest BCUT2D eigenvalue weighted by molar-refractivity contribution is -0.321. The van der Waals surface area contributed by atoms with Gasteiger partial charge in [0, 0.05) is 24.7 Å². The highest BCUT2D eigenvalue weighted by atomic mass is 19.4. The summed E-state index contributed by atoms with van der Waals surface area (Å²) in [7, 11) is 0. The number of hydrogen-bond acceptors (Lipinski definition) is 6. The number of nitrogens with one attached hydrogen (secondary N) is 3. The highest BCUT2D eigenvalue weighted by Gasteiger charge is 2.51. The van der Waals surface area contributed by atoms with E-state index in [1.54, 1.807) is 12.1 Å². The molecule has 3 fully saturated rings. The Morgan fingerprint density at radius 1 is 1.10 bits per heavy atom. The molecule has 4 rings (SSSR count). The van der Waals surface area contributed by atoms with Gasteiger partial charge in [-0.3, -0.25) is 28.7 Å². The van der Waals surface area contributed by atoms with E-state index in [1.165, 1.54) is 4.90 Å². The molecule has 0 aromatic heterocycles. The lowest BCUT2D eigenvalue weighted by Gasteiger charge is -2.29. The molecule has 5 atom stereocenters. The lowest BCUT2D eigenvalue weighted by atomic mass is 9.86. The number of para-hydroxylation sites is 1. The molecule has 3 aliphatic rings. The van der Waals surface area contributed by atoms with Crippen molar-refractivity contribution in [1.82, 2.24) is 15.5 Å². The first-order valence-electron chi connectivity index (χ1n) is 14.2. The van der Waals surface area contributed by atoms with Crippen LogP contribution in [0.3, 0.4) is 0 Å². The molecule has 0 spiro atoms. The number of benzene rings is 1. The zero-order chi connectivity index (χ0) is 30.8. The number of halogens is 3. The minimum atomic E-state index is -5.06. The summed E-state index contributed by atoms with van der Waals surface area (Å²) in [5.41, 5.74) is 0.958. The summed E-state index contributed by atoms with van der Waals surface area (Å²) in [6.07, 6.45) is -2.74. The summed E-state index contributed by atoms with van der Waals surface area (Å²) in [5.74, 6) is -4.98. The van der Waals surface area contributed by atoms with Crippen LogP contribution in [0.5, 0.6) is 0 Å². The second-order valence-corrected chi connectivity index (χ2v) is 12.3. The number of carbonyl (C=O) groups is 5. The fraction of sp³-hybridized carbons (Fsp3) is 0.621. The van der Waals surface area contributed by atoms with Gasteiger partial charge in [0.15, 0.2) is 5.78 Å². The third kappa shape index (κ3) is 7.29. The average molecular weight is 595 g/mol. The van der Waals surface area contributed by atoms with Crippen LogP contribution in [0.2, 0.25) is 0 Å². The Labute approximate surface area is 242 Å². The molecule has 1 aromatic carbocycles. The summed E-state index contributed by atoms with van der Waals surface area (Å²) in [5, 5.41) is 7.80. The number of fused-ring (bicyclic) bond motifs is 1. The summed E-state index contributed by atoms with van der Waals surface area (Å²) in [6, 6.07) is 4.56. The average Bonchev–Trinajstić information content (AvgIpc) is 3.62. The van der Waals surface area contributed by atoms with E-state index in [9.17, 15) is 37.1 Å². The number of Topliss-reactive ketones (excluding diaryl/α,β-unsaturated/α-hetero) is 1. The van der Waals surface area contributed by atoms with Crippen LogP contribution >= 0.6 is 0 Å². The predicted molar refractivity (Wildman–Crippen MR) is 145 cm³/mol. The number of amides is 4. The molecule has 2 aliphatic heterocycles. The van der Waals surface area contributed by atoms with Crippen LogP contribution in [0.25, 0.3) is 0 Å². The normalized spacial score (nSPS) is 24.6. The van der Waals surface area contributed by atoms with Gasteiger partial charge in [-0.25, -0.2) is 0 Å². The van der Waals surface area contributed by atoms with Gasteiger partial charge in [0.25, 0.3) is 0 Å². The van der Waals surface area contributed by atoms with E-state index in [2.05, 4.69) is 20.7 Å². The Kier molecular flexibility index (Phi) is 9.29. The molecule has 4 amide bonds. The fourth-order valence-electron chi connectivity index (χ4n) is 6.34. The smallest absolute Gasteiger partial charge is 0.356 e. The van der Waals surface area contributed by atoms with Crippen LogP contribution in [0.1, 0.15) is 58.4 Å². The molecule has 230 valence electrons. The number of ether oxygens (including phenoxy) is 1. The zero-order valence-corrected chi connectivity index (χ0v) is 23.9. The molecule has 2 saturated heterocycles. The van der Waals surface area contributed by atoms with E-state index in [-0.39, 0.29) is 36.1 Å². The molecule has 10 nitrogen and oxygen atoms in total. The lowest BCUT2D eigenvalue weighted by Crippen LogP contribution is -2.55. The van der Waals surface area contributed by atoms with Gasteiger partial charge < -0.3 is 20.9 Å². The quantitative estimate of drug-likeness (QED) is 0.397. The molecule has 42 heavy (non-hydrogen) atoms. The molecule has 0 bridgehead atoms. The van der Waals surface area contributed by atoms with Gasteiger partial charge in [0.1, 0.15) is 12.6 Å². The Morgan fingerprint density at radius 3 is 2.45 bits per heavy atom. The molecule has 13 heteroatoms. The molecule has 0 radical (unpaired) electrons. The van der Waals surface area contributed by atoms with E-state index < -0.39 is 54.5 Å². The van der Waals surface area contributed by atoms with Crippen molar-refractivity contribution in [2.24, 2.45) is 17.8 Å². The van der Waals surface area contributed by atoms with Crippen LogP contribution < -0.4 is 16.0 Å². The fourth-order valence-corrected chi connectivity index (χ4v) is 6.34. The largest absolute Gasteiger partial charge is 0.522 e. The summed E-state index contributed by atoms with van der Waals surface area (Å²) in [4.78, 5) is 66.5. The first kappa shape index (κ1) is 31.5. The van der Waals surface area contributed by atoms with Gasteiger partial charge in [-0.1, -0.05) is 45.4 Å². The van der Waals surface area contributed by atoms with Crippen LogP contribution in [0.4, 0.5) is 18.9 Å². The van der Waals surface area contributed by atoms with Crippen LogP contribution in [0, 0.1) is 17.8 Å². The Hall–Kier alpha value is -3.48. The standard InChI is InChI=1S/C29H37F3N4O6/c1-28(2,3)19-9-4-5-10-20(19)34-26(40)27(41)36-14-17-7-6-8-18(17)23(36)25(39)35-21(13-16-11-12-33-24(16)38)22(37)15-42-29(30,31)32/h4-5,9-10,16-18,21,23H,6-8,11-15H2,1-3H3,(H,33,38)(H,34,40)(H,35,39)/t16-,17-,18-,21-,23-/m0/s1. The Bertz CT molecular complexity index is 1230. The first-order chi connectivity index (χ1) is 19.7. The molecule has 1 aromatic rings. The van der Waals surface area contributed by atoms with E-state index in [0.717, 1.165) is 18.4 Å². The monoisotopic (exact) mass is 594 g/mol. The topological polar surface area (TPSA) is 134 Å². The molecule has 2 heterocycles. The number of alkyl halides is 3. The third-order valence-corrected chi connectivity index (χ3v) is 8.36. The van der Waals surface area contributed by atoms with Crippen LogP contribution in [-0.2, 0) is 34.1 Å². The van der Waals surface area contributed by atoms with Crippen molar-refractivity contribution in [1.29, 1.82) is 0 Å². The molecule has 0 unspecified atom stereocenters.